The van der Waals surface area contributed by atoms with Gasteiger partial charge in [-0.1, -0.05) is 37.3 Å². The molecule has 0 spiro atoms. The Morgan fingerprint density at radius 2 is 1.90 bits per heavy atom. The van der Waals surface area contributed by atoms with Gasteiger partial charge in [-0.3, -0.25) is 0 Å². The number of fused-ring (bicyclic) bond motifs is 1. The zero-order chi connectivity index (χ0) is 13.9. The molecule has 1 unspecified atom stereocenters. The molecular weight excluding hydrogens is 361 g/mol. The van der Waals surface area contributed by atoms with Crippen LogP contribution in [0.25, 0.3) is 0 Å². The number of nitrogens with one attached hydrogen (secondary N) is 1. The Labute approximate surface area is 133 Å². The second-order valence-corrected chi connectivity index (χ2v) is 6.31. The van der Waals surface area contributed by atoms with Gasteiger partial charge in [-0.25, -0.2) is 0 Å². The Hall–Kier alpha value is -0.910. The quantitative estimate of drug-likeness (QED) is 0.811. The summed E-state index contributed by atoms with van der Waals surface area (Å²) in [4.78, 5) is 0. The second-order valence-electron chi connectivity index (χ2n) is 5.07. The smallest absolute Gasteiger partial charge is 0.0725 e. The van der Waals surface area contributed by atoms with E-state index in [1.807, 2.05) is 0 Å². The lowest BCUT2D eigenvalue weighted by Gasteiger charge is -2.20. The minimum absolute atomic E-state index is 0.251. The predicted molar refractivity (Wildman–Crippen MR) is 89.6 cm³/mol. The Balaban J connectivity index is 1.98. The molecule has 0 bridgehead atoms. The van der Waals surface area contributed by atoms with Crippen LogP contribution in [-0.4, -0.2) is 6.54 Å². The number of rotatable bonds is 4. The molecule has 1 atom stereocenters. The van der Waals surface area contributed by atoms with Crippen molar-refractivity contribution >= 4 is 22.6 Å². The molecule has 1 heterocycles. The lowest BCUT2D eigenvalue weighted by molar-refractivity contribution is 0.134. The van der Waals surface area contributed by atoms with E-state index in [0.29, 0.717) is 0 Å². The fraction of sp³-hybridized carbons (Fsp3) is 0.294. The van der Waals surface area contributed by atoms with Crippen LogP contribution < -0.4 is 5.32 Å². The van der Waals surface area contributed by atoms with Crippen LogP contribution in [0.15, 0.2) is 42.5 Å². The molecule has 3 heteroatoms. The molecule has 1 aliphatic rings. The average molecular weight is 379 g/mol. The number of halogens is 1. The molecule has 0 radical (unpaired) electrons. The molecule has 20 heavy (non-hydrogen) atoms. The van der Waals surface area contributed by atoms with Crippen molar-refractivity contribution in [2.24, 2.45) is 0 Å². The molecule has 104 valence electrons. The van der Waals surface area contributed by atoms with Crippen LogP contribution >= 0.6 is 22.6 Å². The van der Waals surface area contributed by atoms with Gasteiger partial charge in [0.05, 0.1) is 19.3 Å². The van der Waals surface area contributed by atoms with E-state index in [0.717, 1.165) is 19.8 Å². The minimum Gasteiger partial charge on any atom is -0.372 e. The maximum absolute atomic E-state index is 5.51. The molecule has 0 aliphatic carbocycles. The van der Waals surface area contributed by atoms with Gasteiger partial charge < -0.3 is 10.1 Å². The van der Waals surface area contributed by atoms with Crippen molar-refractivity contribution in [1.82, 2.24) is 5.32 Å². The summed E-state index contributed by atoms with van der Waals surface area (Å²) in [5.41, 5.74) is 5.29. The molecular formula is C17H18INO. The first-order chi connectivity index (χ1) is 9.78. The van der Waals surface area contributed by atoms with Gasteiger partial charge in [0.2, 0.25) is 0 Å². The van der Waals surface area contributed by atoms with Gasteiger partial charge in [0.15, 0.2) is 0 Å². The highest BCUT2D eigenvalue weighted by atomic mass is 127. The van der Waals surface area contributed by atoms with Crippen LogP contribution in [0.4, 0.5) is 0 Å². The Morgan fingerprint density at radius 1 is 1.10 bits per heavy atom. The molecule has 2 aromatic carbocycles. The van der Waals surface area contributed by atoms with Gasteiger partial charge in [0.1, 0.15) is 0 Å². The summed E-state index contributed by atoms with van der Waals surface area (Å²) in [5.74, 6) is 0. The summed E-state index contributed by atoms with van der Waals surface area (Å²) in [6.45, 7) is 4.60. The number of hydrogen-bond donors (Lipinski definition) is 1. The molecule has 0 saturated carbocycles. The maximum Gasteiger partial charge on any atom is 0.0725 e. The summed E-state index contributed by atoms with van der Waals surface area (Å²) in [6.07, 6.45) is 0. The molecule has 1 aliphatic heterocycles. The van der Waals surface area contributed by atoms with E-state index in [2.05, 4.69) is 77.3 Å². The predicted octanol–water partition coefficient (Wildman–Crippen LogP) is 4.02. The molecule has 1 N–H and O–H groups in total. The summed E-state index contributed by atoms with van der Waals surface area (Å²) >= 11 is 2.37. The van der Waals surface area contributed by atoms with Crippen molar-refractivity contribution in [2.75, 3.05) is 6.54 Å². The number of benzene rings is 2. The van der Waals surface area contributed by atoms with E-state index >= 15 is 0 Å². The fourth-order valence-corrected chi connectivity index (χ4v) is 3.26. The van der Waals surface area contributed by atoms with Crippen LogP contribution in [-0.2, 0) is 18.0 Å². The van der Waals surface area contributed by atoms with Crippen LogP contribution in [0.5, 0.6) is 0 Å². The zero-order valence-electron chi connectivity index (χ0n) is 11.5. The average Bonchev–Trinajstić information content (AvgIpc) is 2.92. The Bertz CT molecular complexity index is 612. The molecule has 0 aromatic heterocycles. The van der Waals surface area contributed by atoms with Gasteiger partial charge >= 0.3 is 0 Å². The van der Waals surface area contributed by atoms with E-state index in [1.54, 1.807) is 0 Å². The molecule has 2 nitrogen and oxygen atoms in total. The lowest BCUT2D eigenvalue weighted by Crippen LogP contribution is -2.22. The van der Waals surface area contributed by atoms with E-state index in [9.17, 15) is 0 Å². The largest absolute Gasteiger partial charge is 0.372 e. The lowest BCUT2D eigenvalue weighted by atomic mass is 9.95. The minimum atomic E-state index is 0.251. The van der Waals surface area contributed by atoms with E-state index < -0.39 is 0 Å². The molecule has 0 fully saturated rings. The topological polar surface area (TPSA) is 21.3 Å². The third-order valence-corrected chi connectivity index (χ3v) is 4.34. The van der Waals surface area contributed by atoms with Gasteiger partial charge in [-0.2, -0.15) is 0 Å². The van der Waals surface area contributed by atoms with Crippen molar-refractivity contribution in [1.29, 1.82) is 0 Å². The first-order valence-electron chi connectivity index (χ1n) is 6.96. The van der Waals surface area contributed by atoms with Crippen molar-refractivity contribution in [2.45, 2.75) is 26.2 Å². The molecule has 0 amide bonds. The standard InChI is InChI=1S/C17H18INO/c1-2-19-17(12-4-3-5-16(18)9-12)13-6-7-14-10-20-11-15(14)8-13/h3-9,17,19H,2,10-11H2,1H3. The number of ether oxygens (including phenoxy) is 1. The Kier molecular flexibility index (Phi) is 4.38. The van der Waals surface area contributed by atoms with Gasteiger partial charge in [0.25, 0.3) is 0 Å². The normalized spacial score (nSPS) is 15.1. The van der Waals surface area contributed by atoms with Crippen LogP contribution in [0.1, 0.15) is 35.2 Å². The van der Waals surface area contributed by atoms with Gasteiger partial charge in [-0.15, -0.1) is 0 Å². The molecule has 0 saturated heterocycles. The first kappa shape index (κ1) is 14.0. The monoisotopic (exact) mass is 379 g/mol. The third kappa shape index (κ3) is 2.90. The van der Waals surface area contributed by atoms with Crippen molar-refractivity contribution < 1.29 is 4.74 Å². The highest BCUT2D eigenvalue weighted by molar-refractivity contribution is 14.1. The SMILES string of the molecule is CCNC(c1cccc(I)c1)c1ccc2c(c1)COC2. The van der Waals surface area contributed by atoms with Crippen molar-refractivity contribution in [3.8, 4) is 0 Å². The van der Waals surface area contributed by atoms with Gasteiger partial charge in [-0.05, 0) is 63.5 Å². The molecule has 3 rings (SSSR count). The maximum atomic E-state index is 5.51. The van der Waals surface area contributed by atoms with Gasteiger partial charge in [0, 0.05) is 3.57 Å². The van der Waals surface area contributed by atoms with E-state index in [1.165, 1.54) is 25.8 Å². The fourth-order valence-electron chi connectivity index (χ4n) is 2.69. The summed E-state index contributed by atoms with van der Waals surface area (Å²) in [5, 5.41) is 3.59. The summed E-state index contributed by atoms with van der Waals surface area (Å²) < 4.78 is 6.78. The summed E-state index contributed by atoms with van der Waals surface area (Å²) in [7, 11) is 0. The third-order valence-electron chi connectivity index (χ3n) is 3.67. The second kappa shape index (κ2) is 6.24. The van der Waals surface area contributed by atoms with Crippen LogP contribution in [0.3, 0.4) is 0 Å². The first-order valence-corrected chi connectivity index (χ1v) is 8.04. The van der Waals surface area contributed by atoms with Crippen LogP contribution in [0, 0.1) is 3.57 Å². The highest BCUT2D eigenvalue weighted by Gasteiger charge is 2.17. The number of hydrogen-bond acceptors (Lipinski definition) is 2. The highest BCUT2D eigenvalue weighted by Crippen LogP contribution is 2.28. The van der Waals surface area contributed by atoms with Crippen molar-refractivity contribution in [3.63, 3.8) is 0 Å². The van der Waals surface area contributed by atoms with Crippen molar-refractivity contribution in [3.05, 3.63) is 68.3 Å². The zero-order valence-corrected chi connectivity index (χ0v) is 13.7. The van der Waals surface area contributed by atoms with E-state index in [-0.39, 0.29) is 6.04 Å². The van der Waals surface area contributed by atoms with Crippen LogP contribution in [0.2, 0.25) is 0 Å². The Morgan fingerprint density at radius 3 is 2.70 bits per heavy atom. The summed E-state index contributed by atoms with van der Waals surface area (Å²) in [6, 6.07) is 15.7. The molecule has 2 aromatic rings. The van der Waals surface area contributed by atoms with E-state index in [4.69, 9.17) is 4.74 Å².